The van der Waals surface area contributed by atoms with Gasteiger partial charge in [0.2, 0.25) is 0 Å². The molecule has 7 nitrogen and oxygen atoms in total. The summed E-state index contributed by atoms with van der Waals surface area (Å²) >= 11 is 0. The number of benzene rings is 3. The van der Waals surface area contributed by atoms with Gasteiger partial charge in [-0.05, 0) is 48.0 Å². The van der Waals surface area contributed by atoms with Gasteiger partial charge in [-0.3, -0.25) is 4.79 Å². The summed E-state index contributed by atoms with van der Waals surface area (Å²) in [6.45, 7) is 0.329. The molecule has 1 N–H and O–H groups in total. The van der Waals surface area contributed by atoms with Crippen molar-refractivity contribution in [3.63, 3.8) is 0 Å². The van der Waals surface area contributed by atoms with Gasteiger partial charge in [0.15, 0.2) is 9.84 Å². The Labute approximate surface area is 175 Å². The van der Waals surface area contributed by atoms with E-state index < -0.39 is 20.0 Å². The first-order chi connectivity index (χ1) is 14.1. The molecular formula is C21H19NO6S2. The Hall–Kier alpha value is -3.17. The third-order valence-corrected chi connectivity index (χ3v) is 6.53. The Kier molecular flexibility index (Phi) is 6.23. The van der Waals surface area contributed by atoms with Gasteiger partial charge < -0.3 is 9.50 Å². The summed E-state index contributed by atoms with van der Waals surface area (Å²) in [4.78, 5) is 12.2. The summed E-state index contributed by atoms with van der Waals surface area (Å²) in [5.41, 5.74) is 1.17. The fourth-order valence-electron chi connectivity index (χ4n) is 2.60. The van der Waals surface area contributed by atoms with Crippen LogP contribution in [0, 0.1) is 0 Å². The molecule has 3 aromatic carbocycles. The molecular weight excluding hydrogens is 426 g/mol. The van der Waals surface area contributed by atoms with E-state index in [0.29, 0.717) is 6.54 Å². The molecule has 30 heavy (non-hydrogen) atoms. The van der Waals surface area contributed by atoms with Crippen molar-refractivity contribution in [2.75, 3.05) is 6.26 Å². The molecule has 0 aliphatic carbocycles. The highest BCUT2D eigenvalue weighted by Crippen LogP contribution is 2.21. The second kappa shape index (κ2) is 8.68. The molecule has 0 radical (unpaired) electrons. The van der Waals surface area contributed by atoms with Gasteiger partial charge in [0, 0.05) is 18.4 Å². The molecule has 0 saturated carbocycles. The van der Waals surface area contributed by atoms with Gasteiger partial charge in [-0.15, -0.1) is 0 Å². The van der Waals surface area contributed by atoms with Crippen LogP contribution in [0.5, 0.6) is 5.75 Å². The molecule has 3 aromatic rings. The van der Waals surface area contributed by atoms with Crippen LogP contribution in [0.3, 0.4) is 0 Å². The van der Waals surface area contributed by atoms with Crippen molar-refractivity contribution in [1.82, 2.24) is 5.32 Å². The zero-order chi connectivity index (χ0) is 21.8. The molecule has 1 amide bonds. The third kappa shape index (κ3) is 5.46. The van der Waals surface area contributed by atoms with E-state index in [0.717, 1.165) is 24.0 Å². The zero-order valence-corrected chi connectivity index (χ0v) is 17.6. The van der Waals surface area contributed by atoms with Crippen LogP contribution in [0.15, 0.2) is 88.7 Å². The lowest BCUT2D eigenvalue weighted by molar-refractivity contribution is 0.0950. The van der Waals surface area contributed by atoms with E-state index in [-0.39, 0.29) is 27.0 Å². The maximum absolute atomic E-state index is 12.5. The monoisotopic (exact) mass is 445 g/mol. The molecule has 0 atom stereocenters. The van der Waals surface area contributed by atoms with Crippen LogP contribution in [0.4, 0.5) is 0 Å². The average Bonchev–Trinajstić information content (AvgIpc) is 2.72. The Balaban J connectivity index is 1.73. The van der Waals surface area contributed by atoms with Crippen LogP contribution >= 0.6 is 0 Å². The SMILES string of the molecule is CS(=O)(=O)c1ccc(S(=O)(=O)Oc2cccc(C(=O)NCc3ccccc3)c2)cc1. The quantitative estimate of drug-likeness (QED) is 0.561. The fourth-order valence-corrected chi connectivity index (χ4v) is 4.15. The van der Waals surface area contributed by atoms with E-state index in [2.05, 4.69) is 5.32 Å². The summed E-state index contributed by atoms with van der Waals surface area (Å²) < 4.78 is 53.1. The lowest BCUT2D eigenvalue weighted by Crippen LogP contribution is -2.22. The van der Waals surface area contributed by atoms with Crippen LogP contribution < -0.4 is 9.50 Å². The fraction of sp³-hybridized carbons (Fsp3) is 0.0952. The van der Waals surface area contributed by atoms with Crippen molar-refractivity contribution in [1.29, 1.82) is 0 Å². The van der Waals surface area contributed by atoms with Crippen LogP contribution in [-0.2, 0) is 26.5 Å². The van der Waals surface area contributed by atoms with Crippen molar-refractivity contribution < 1.29 is 25.8 Å². The molecule has 0 bridgehead atoms. The number of hydrogen-bond donors (Lipinski definition) is 1. The molecule has 0 fully saturated rings. The van der Waals surface area contributed by atoms with Gasteiger partial charge in [0.1, 0.15) is 10.6 Å². The highest BCUT2D eigenvalue weighted by Gasteiger charge is 2.19. The van der Waals surface area contributed by atoms with Gasteiger partial charge in [-0.1, -0.05) is 36.4 Å². The molecule has 0 heterocycles. The van der Waals surface area contributed by atoms with Gasteiger partial charge >= 0.3 is 10.1 Å². The van der Waals surface area contributed by atoms with E-state index in [4.69, 9.17) is 4.18 Å². The molecule has 0 saturated heterocycles. The van der Waals surface area contributed by atoms with Crippen LogP contribution in [0.25, 0.3) is 0 Å². The predicted molar refractivity (Wildman–Crippen MR) is 111 cm³/mol. The average molecular weight is 446 g/mol. The standard InChI is InChI=1S/C21H19NO6S2/c1-29(24,25)19-10-12-20(13-11-19)30(26,27)28-18-9-5-8-17(14-18)21(23)22-15-16-6-3-2-4-7-16/h2-14H,15H2,1H3,(H,22,23). The third-order valence-electron chi connectivity index (χ3n) is 4.14. The molecule has 0 aromatic heterocycles. The number of carbonyl (C=O) groups excluding carboxylic acids is 1. The minimum atomic E-state index is -4.20. The largest absolute Gasteiger partial charge is 0.379 e. The Bertz CT molecular complexity index is 1250. The first kappa shape index (κ1) is 21.5. The molecule has 3 rings (SSSR count). The van der Waals surface area contributed by atoms with E-state index in [1.807, 2.05) is 30.3 Å². The first-order valence-corrected chi connectivity index (χ1v) is 12.1. The summed E-state index contributed by atoms with van der Waals surface area (Å²) in [5.74, 6) is -0.409. The molecule has 0 aliphatic heterocycles. The lowest BCUT2D eigenvalue weighted by atomic mass is 10.2. The Morgan fingerprint density at radius 3 is 2.10 bits per heavy atom. The second-order valence-corrected chi connectivity index (χ2v) is 10.0. The number of amides is 1. The summed E-state index contributed by atoms with van der Waals surface area (Å²) in [5, 5.41) is 2.76. The van der Waals surface area contributed by atoms with Crippen LogP contribution in [-0.4, -0.2) is 29.0 Å². The maximum Gasteiger partial charge on any atom is 0.339 e. The van der Waals surface area contributed by atoms with E-state index in [1.165, 1.54) is 30.3 Å². The summed E-state index contributed by atoms with van der Waals surface area (Å²) in [7, 11) is -7.64. The van der Waals surface area contributed by atoms with Crippen molar-refractivity contribution in [2.24, 2.45) is 0 Å². The van der Waals surface area contributed by atoms with Gasteiger partial charge in [0.05, 0.1) is 4.90 Å². The molecule has 0 spiro atoms. The number of hydrogen-bond acceptors (Lipinski definition) is 6. The van der Waals surface area contributed by atoms with Crippen molar-refractivity contribution in [2.45, 2.75) is 16.3 Å². The smallest absolute Gasteiger partial charge is 0.339 e. The number of nitrogens with one attached hydrogen (secondary N) is 1. The van der Waals surface area contributed by atoms with Crippen molar-refractivity contribution >= 4 is 25.9 Å². The molecule has 9 heteroatoms. The van der Waals surface area contributed by atoms with Crippen LogP contribution in [0.1, 0.15) is 15.9 Å². The highest BCUT2D eigenvalue weighted by molar-refractivity contribution is 7.90. The second-order valence-electron chi connectivity index (χ2n) is 6.48. The molecule has 0 aliphatic rings. The zero-order valence-electron chi connectivity index (χ0n) is 16.0. The van der Waals surface area contributed by atoms with Crippen molar-refractivity contribution in [3.05, 3.63) is 90.0 Å². The highest BCUT2D eigenvalue weighted by atomic mass is 32.2. The number of sulfone groups is 1. The maximum atomic E-state index is 12.5. The Morgan fingerprint density at radius 2 is 1.47 bits per heavy atom. The lowest BCUT2D eigenvalue weighted by Gasteiger charge is -2.10. The predicted octanol–water partition coefficient (Wildman–Crippen LogP) is 2.79. The number of carbonyl (C=O) groups is 1. The van der Waals surface area contributed by atoms with E-state index >= 15 is 0 Å². The Morgan fingerprint density at radius 1 is 0.833 bits per heavy atom. The molecule has 0 unspecified atom stereocenters. The summed E-state index contributed by atoms with van der Waals surface area (Å²) in [6, 6.07) is 19.8. The molecule has 156 valence electrons. The van der Waals surface area contributed by atoms with Gasteiger partial charge in [-0.25, -0.2) is 8.42 Å². The minimum Gasteiger partial charge on any atom is -0.379 e. The first-order valence-electron chi connectivity index (χ1n) is 8.82. The van der Waals surface area contributed by atoms with E-state index in [9.17, 15) is 21.6 Å². The van der Waals surface area contributed by atoms with Crippen LogP contribution in [0.2, 0.25) is 0 Å². The number of rotatable bonds is 7. The summed E-state index contributed by atoms with van der Waals surface area (Å²) in [6.07, 6.45) is 1.03. The van der Waals surface area contributed by atoms with Gasteiger partial charge in [0.25, 0.3) is 5.91 Å². The topological polar surface area (TPSA) is 107 Å². The minimum absolute atomic E-state index is 0.00136. The van der Waals surface area contributed by atoms with Gasteiger partial charge in [-0.2, -0.15) is 8.42 Å². The van der Waals surface area contributed by atoms with Crippen molar-refractivity contribution in [3.8, 4) is 5.75 Å². The van der Waals surface area contributed by atoms with E-state index in [1.54, 1.807) is 6.07 Å². The normalized spacial score (nSPS) is 11.6.